The van der Waals surface area contributed by atoms with Crippen molar-refractivity contribution in [2.24, 2.45) is 11.7 Å². The minimum absolute atomic E-state index is 0.119. The molecule has 3 N–H and O–H groups in total. The van der Waals surface area contributed by atoms with Crippen molar-refractivity contribution in [2.75, 3.05) is 11.9 Å². The summed E-state index contributed by atoms with van der Waals surface area (Å²) in [5, 5.41) is 2.94. The van der Waals surface area contributed by atoms with Gasteiger partial charge in [-0.15, -0.1) is 0 Å². The second-order valence-corrected chi connectivity index (χ2v) is 4.58. The summed E-state index contributed by atoms with van der Waals surface area (Å²) in [5.74, 6) is 1.10. The summed E-state index contributed by atoms with van der Waals surface area (Å²) in [5.41, 5.74) is 7.41. The lowest BCUT2D eigenvalue weighted by Crippen LogP contribution is -2.28. The third kappa shape index (κ3) is 2.82. The van der Waals surface area contributed by atoms with Gasteiger partial charge in [-0.3, -0.25) is 4.79 Å². The van der Waals surface area contributed by atoms with Gasteiger partial charge in [0.1, 0.15) is 5.75 Å². The minimum atomic E-state index is 0.119. The third-order valence-corrected chi connectivity index (χ3v) is 3.32. The van der Waals surface area contributed by atoms with E-state index in [2.05, 4.69) is 5.32 Å². The second-order valence-electron chi connectivity index (χ2n) is 4.58. The van der Waals surface area contributed by atoms with Crippen LogP contribution in [0.5, 0.6) is 5.75 Å². The van der Waals surface area contributed by atoms with Crippen LogP contribution < -0.4 is 15.8 Å². The summed E-state index contributed by atoms with van der Waals surface area (Å²) >= 11 is 0. The van der Waals surface area contributed by atoms with Crippen molar-refractivity contribution in [1.82, 2.24) is 0 Å². The zero-order valence-corrected chi connectivity index (χ0v) is 10.7. The first-order valence-corrected chi connectivity index (χ1v) is 6.51. The monoisotopic (exact) mass is 248 g/mol. The maximum absolute atomic E-state index is 11.8. The summed E-state index contributed by atoms with van der Waals surface area (Å²) in [4.78, 5) is 11.8. The number of carbonyl (C=O) groups is 1. The van der Waals surface area contributed by atoms with Crippen LogP contribution >= 0.6 is 0 Å². The van der Waals surface area contributed by atoms with E-state index in [1.807, 2.05) is 25.1 Å². The number of anilines is 1. The maximum Gasteiger partial charge on any atom is 0.227 e. The number of ether oxygens (including phenoxy) is 1. The molecule has 1 aromatic carbocycles. The lowest BCUT2D eigenvalue weighted by Gasteiger charge is -2.24. The minimum Gasteiger partial charge on any atom is -0.494 e. The van der Waals surface area contributed by atoms with Crippen molar-refractivity contribution in [3.8, 4) is 5.75 Å². The van der Waals surface area contributed by atoms with Gasteiger partial charge in [-0.25, -0.2) is 0 Å². The molecule has 1 saturated carbocycles. The van der Waals surface area contributed by atoms with Gasteiger partial charge in [0.25, 0.3) is 0 Å². The Kier molecular flexibility index (Phi) is 4.20. The van der Waals surface area contributed by atoms with E-state index in [-0.39, 0.29) is 11.8 Å². The van der Waals surface area contributed by atoms with Crippen molar-refractivity contribution >= 4 is 11.6 Å². The fraction of sp³-hybridized carbons (Fsp3) is 0.500. The molecule has 18 heavy (non-hydrogen) atoms. The van der Waals surface area contributed by atoms with Crippen LogP contribution in [0.3, 0.4) is 0 Å². The molecule has 0 radical (unpaired) electrons. The molecule has 0 aliphatic heterocycles. The number of nitrogens with two attached hydrogens (primary N) is 1. The van der Waals surface area contributed by atoms with Gasteiger partial charge in [-0.05, 0) is 38.0 Å². The summed E-state index contributed by atoms with van der Waals surface area (Å²) in [7, 11) is 0. The highest BCUT2D eigenvalue weighted by atomic mass is 16.5. The molecule has 98 valence electrons. The Morgan fingerprint density at radius 2 is 2.28 bits per heavy atom. The molecule has 0 unspecified atom stereocenters. The van der Waals surface area contributed by atoms with Gasteiger partial charge < -0.3 is 15.8 Å². The van der Waals surface area contributed by atoms with E-state index < -0.39 is 0 Å². The van der Waals surface area contributed by atoms with Crippen LogP contribution in [-0.4, -0.2) is 12.5 Å². The number of carbonyl (C=O) groups excluding carboxylic acids is 1. The van der Waals surface area contributed by atoms with E-state index in [1.54, 1.807) is 0 Å². The molecule has 1 aliphatic carbocycles. The number of nitrogens with one attached hydrogen (secondary N) is 1. The van der Waals surface area contributed by atoms with Crippen molar-refractivity contribution in [3.05, 3.63) is 23.8 Å². The van der Waals surface area contributed by atoms with Crippen molar-refractivity contribution in [3.63, 3.8) is 0 Å². The van der Waals surface area contributed by atoms with Gasteiger partial charge in [-0.1, -0.05) is 6.42 Å². The average Bonchev–Trinajstić information content (AvgIpc) is 2.29. The van der Waals surface area contributed by atoms with Crippen LogP contribution in [0.4, 0.5) is 5.69 Å². The van der Waals surface area contributed by atoms with Gasteiger partial charge in [0.2, 0.25) is 5.91 Å². The topological polar surface area (TPSA) is 64.3 Å². The molecule has 2 rings (SSSR count). The molecule has 1 aliphatic rings. The second kappa shape index (κ2) is 5.87. The largest absolute Gasteiger partial charge is 0.494 e. The zero-order valence-electron chi connectivity index (χ0n) is 10.7. The number of benzene rings is 1. The third-order valence-electron chi connectivity index (χ3n) is 3.32. The van der Waals surface area contributed by atoms with E-state index >= 15 is 0 Å². The van der Waals surface area contributed by atoms with Crippen LogP contribution in [0.2, 0.25) is 0 Å². The predicted octanol–water partition coefficient (Wildman–Crippen LogP) is 2.28. The molecule has 4 nitrogen and oxygen atoms in total. The molecule has 0 bridgehead atoms. The zero-order chi connectivity index (χ0) is 13.0. The Hall–Kier alpha value is -1.55. The molecule has 0 saturated heterocycles. The Balaban J connectivity index is 2.06. The summed E-state index contributed by atoms with van der Waals surface area (Å²) in [6.07, 6.45) is 3.18. The first-order valence-electron chi connectivity index (χ1n) is 6.51. The highest BCUT2D eigenvalue weighted by Gasteiger charge is 2.25. The standard InChI is InChI=1S/C14H20N2O2/c1-2-18-13-7-6-12(8-11(13)9-15)16-14(17)10-4-3-5-10/h6-8,10H,2-5,9,15H2,1H3,(H,16,17). The smallest absolute Gasteiger partial charge is 0.227 e. The Labute approximate surface area is 108 Å². The molecule has 0 atom stereocenters. The molecule has 0 aromatic heterocycles. The molecule has 0 spiro atoms. The fourth-order valence-electron chi connectivity index (χ4n) is 2.03. The predicted molar refractivity (Wildman–Crippen MR) is 71.5 cm³/mol. The summed E-state index contributed by atoms with van der Waals surface area (Å²) < 4.78 is 5.47. The highest BCUT2D eigenvalue weighted by Crippen LogP contribution is 2.28. The summed E-state index contributed by atoms with van der Waals surface area (Å²) in [6, 6.07) is 5.62. The lowest BCUT2D eigenvalue weighted by molar-refractivity contribution is -0.122. The number of hydrogen-bond donors (Lipinski definition) is 2. The van der Waals surface area contributed by atoms with E-state index in [9.17, 15) is 4.79 Å². The molecular formula is C14H20N2O2. The molecule has 0 heterocycles. The lowest BCUT2D eigenvalue weighted by atomic mass is 9.85. The van der Waals surface area contributed by atoms with E-state index in [1.165, 1.54) is 0 Å². The van der Waals surface area contributed by atoms with E-state index in [0.29, 0.717) is 13.2 Å². The number of rotatable bonds is 5. The van der Waals surface area contributed by atoms with Crippen LogP contribution in [0.15, 0.2) is 18.2 Å². The van der Waals surface area contributed by atoms with Crippen molar-refractivity contribution in [1.29, 1.82) is 0 Å². The molecular weight excluding hydrogens is 228 g/mol. The molecule has 4 heteroatoms. The molecule has 1 fully saturated rings. The normalized spacial score (nSPS) is 15.0. The van der Waals surface area contributed by atoms with Crippen LogP contribution in [0, 0.1) is 5.92 Å². The van der Waals surface area contributed by atoms with Crippen LogP contribution in [-0.2, 0) is 11.3 Å². The fourth-order valence-corrected chi connectivity index (χ4v) is 2.03. The number of amides is 1. The van der Waals surface area contributed by atoms with Gasteiger partial charge >= 0.3 is 0 Å². The molecule has 1 amide bonds. The molecule has 1 aromatic rings. The van der Waals surface area contributed by atoms with Crippen LogP contribution in [0.25, 0.3) is 0 Å². The number of hydrogen-bond acceptors (Lipinski definition) is 3. The maximum atomic E-state index is 11.8. The van der Waals surface area contributed by atoms with E-state index in [0.717, 1.165) is 36.3 Å². The Bertz CT molecular complexity index is 428. The highest BCUT2D eigenvalue weighted by molar-refractivity contribution is 5.93. The van der Waals surface area contributed by atoms with Crippen molar-refractivity contribution < 1.29 is 9.53 Å². The Morgan fingerprint density at radius 1 is 1.50 bits per heavy atom. The van der Waals surface area contributed by atoms with Gasteiger partial charge in [0.15, 0.2) is 0 Å². The first-order chi connectivity index (χ1) is 8.74. The van der Waals surface area contributed by atoms with Crippen LogP contribution in [0.1, 0.15) is 31.7 Å². The van der Waals surface area contributed by atoms with E-state index in [4.69, 9.17) is 10.5 Å². The van der Waals surface area contributed by atoms with Crippen molar-refractivity contribution in [2.45, 2.75) is 32.7 Å². The summed E-state index contributed by atoms with van der Waals surface area (Å²) in [6.45, 7) is 2.95. The quantitative estimate of drug-likeness (QED) is 0.840. The van der Waals surface area contributed by atoms with Gasteiger partial charge in [0, 0.05) is 23.7 Å². The van der Waals surface area contributed by atoms with Gasteiger partial charge in [0.05, 0.1) is 6.61 Å². The average molecular weight is 248 g/mol. The first kappa shape index (κ1) is 12.9. The SMILES string of the molecule is CCOc1ccc(NC(=O)C2CCC2)cc1CN. The van der Waals surface area contributed by atoms with Gasteiger partial charge in [-0.2, -0.15) is 0 Å². The Morgan fingerprint density at radius 3 is 2.83 bits per heavy atom.